The Morgan fingerprint density at radius 1 is 1.08 bits per heavy atom. The van der Waals surface area contributed by atoms with Crippen molar-refractivity contribution in [3.05, 3.63) is 27.7 Å². The lowest BCUT2D eigenvalue weighted by atomic mass is 10.2. The van der Waals surface area contributed by atoms with E-state index < -0.39 is 17.4 Å². The van der Waals surface area contributed by atoms with Crippen LogP contribution in [0.25, 0.3) is 0 Å². The molecule has 0 aliphatic rings. The molecule has 72 valence electrons. The average Bonchev–Trinajstić information content (AvgIpc) is 1.94. The lowest BCUT2D eigenvalue weighted by Crippen LogP contribution is -2.08. The van der Waals surface area contributed by atoms with Crippen LogP contribution in [0.2, 0.25) is 10.0 Å². The molecule has 6 heteroatoms. The summed E-state index contributed by atoms with van der Waals surface area (Å²) in [7, 11) is 0. The van der Waals surface area contributed by atoms with Crippen LogP contribution in [-0.2, 0) is 6.18 Å². The van der Waals surface area contributed by atoms with Crippen molar-refractivity contribution in [2.45, 2.75) is 6.18 Å². The zero-order valence-corrected chi connectivity index (χ0v) is 7.63. The number of rotatable bonds is 0. The van der Waals surface area contributed by atoms with Gasteiger partial charge in [-0.2, -0.15) is 13.2 Å². The summed E-state index contributed by atoms with van der Waals surface area (Å²) in [6.07, 6.45) is -4.50. The fraction of sp³-hybridized carbons (Fsp3) is 0.143. The van der Waals surface area contributed by atoms with E-state index in [1.54, 1.807) is 0 Å². The highest BCUT2D eigenvalue weighted by molar-refractivity contribution is 6.42. The number of nitrogen functional groups attached to an aromatic ring is 1. The predicted octanol–water partition coefficient (Wildman–Crippen LogP) is 3.59. The molecule has 0 bridgehead atoms. The van der Waals surface area contributed by atoms with Gasteiger partial charge in [-0.15, -0.1) is 0 Å². The third kappa shape index (κ3) is 2.19. The van der Waals surface area contributed by atoms with E-state index in [9.17, 15) is 13.2 Å². The maximum Gasteiger partial charge on any atom is 0.418 e. The molecule has 0 saturated heterocycles. The van der Waals surface area contributed by atoms with Gasteiger partial charge in [0.1, 0.15) is 0 Å². The second-order valence-corrected chi connectivity index (χ2v) is 3.17. The Morgan fingerprint density at radius 3 is 2.00 bits per heavy atom. The highest BCUT2D eigenvalue weighted by atomic mass is 35.5. The first kappa shape index (κ1) is 10.5. The van der Waals surface area contributed by atoms with Crippen LogP contribution in [0.1, 0.15) is 5.56 Å². The molecule has 1 aromatic rings. The van der Waals surface area contributed by atoms with Gasteiger partial charge in [0, 0.05) is 5.69 Å². The van der Waals surface area contributed by atoms with Crippen molar-refractivity contribution >= 4 is 28.9 Å². The molecule has 0 radical (unpaired) electrons. The first-order valence-electron chi connectivity index (χ1n) is 3.14. The fourth-order valence-corrected chi connectivity index (χ4v) is 1.14. The van der Waals surface area contributed by atoms with Crippen molar-refractivity contribution < 1.29 is 13.2 Å². The van der Waals surface area contributed by atoms with E-state index in [1.165, 1.54) is 0 Å². The minimum atomic E-state index is -4.50. The Hall–Kier alpha value is -0.610. The first-order chi connectivity index (χ1) is 5.82. The minimum absolute atomic E-state index is 0.00664. The van der Waals surface area contributed by atoms with Crippen LogP contribution >= 0.6 is 23.2 Å². The summed E-state index contributed by atoms with van der Waals surface area (Å²) >= 11 is 10.9. The van der Waals surface area contributed by atoms with Crippen LogP contribution in [0.4, 0.5) is 18.9 Å². The standard InChI is InChI=1S/C7H4Cl2F3N/c8-4-1-3(7(10,11)12)6(13)2-5(4)9/h1-2H,13H2. The molecule has 0 amide bonds. The molecular weight excluding hydrogens is 226 g/mol. The quantitative estimate of drug-likeness (QED) is 0.677. The van der Waals surface area contributed by atoms with Crippen molar-refractivity contribution in [2.75, 3.05) is 5.73 Å². The number of hydrogen-bond donors (Lipinski definition) is 1. The SMILES string of the molecule is Nc1cc(Cl)c(Cl)cc1C(F)(F)F. The van der Waals surface area contributed by atoms with E-state index in [0.29, 0.717) is 6.07 Å². The van der Waals surface area contributed by atoms with Crippen LogP contribution in [0.5, 0.6) is 0 Å². The average molecular weight is 230 g/mol. The molecule has 1 rings (SSSR count). The molecule has 0 fully saturated rings. The molecule has 13 heavy (non-hydrogen) atoms. The normalized spacial score (nSPS) is 11.8. The van der Waals surface area contributed by atoms with Gasteiger partial charge in [0.15, 0.2) is 0 Å². The van der Waals surface area contributed by atoms with Gasteiger partial charge in [-0.05, 0) is 12.1 Å². The summed E-state index contributed by atoms with van der Waals surface area (Å²) in [5.74, 6) is 0. The smallest absolute Gasteiger partial charge is 0.398 e. The van der Waals surface area contributed by atoms with Gasteiger partial charge in [-0.1, -0.05) is 23.2 Å². The number of anilines is 1. The van der Waals surface area contributed by atoms with Gasteiger partial charge in [-0.3, -0.25) is 0 Å². The zero-order chi connectivity index (χ0) is 10.2. The molecule has 1 nitrogen and oxygen atoms in total. The molecule has 0 atom stereocenters. The topological polar surface area (TPSA) is 26.0 Å². The molecule has 1 aromatic carbocycles. The van der Waals surface area contributed by atoms with Gasteiger partial charge in [0.05, 0.1) is 15.6 Å². The summed E-state index contributed by atoms with van der Waals surface area (Å²) in [6.45, 7) is 0. The Bertz CT molecular complexity index is 335. The molecule has 0 aromatic heterocycles. The van der Waals surface area contributed by atoms with Crippen molar-refractivity contribution in [1.82, 2.24) is 0 Å². The molecule has 0 aliphatic heterocycles. The summed E-state index contributed by atoms with van der Waals surface area (Å²) < 4.78 is 36.5. The van der Waals surface area contributed by atoms with Crippen LogP contribution < -0.4 is 5.73 Å². The summed E-state index contributed by atoms with van der Waals surface area (Å²) in [5.41, 5.74) is 3.71. The van der Waals surface area contributed by atoms with E-state index in [1.807, 2.05) is 0 Å². The lowest BCUT2D eigenvalue weighted by molar-refractivity contribution is -0.136. The molecule has 0 spiro atoms. The van der Waals surface area contributed by atoms with E-state index in [0.717, 1.165) is 6.07 Å². The zero-order valence-electron chi connectivity index (χ0n) is 6.12. The van der Waals surface area contributed by atoms with Crippen LogP contribution in [0.3, 0.4) is 0 Å². The molecule has 0 saturated carbocycles. The molecule has 0 unspecified atom stereocenters. The Labute approximate surface area is 82.2 Å². The number of hydrogen-bond acceptors (Lipinski definition) is 1. The molecule has 0 aliphatic carbocycles. The van der Waals surface area contributed by atoms with E-state index in [4.69, 9.17) is 28.9 Å². The summed E-state index contributed by atoms with van der Waals surface area (Å²) in [5, 5.41) is -0.157. The van der Waals surface area contributed by atoms with Crippen molar-refractivity contribution in [3.63, 3.8) is 0 Å². The highest BCUT2D eigenvalue weighted by Crippen LogP contribution is 2.37. The second kappa shape index (κ2) is 3.27. The van der Waals surface area contributed by atoms with Crippen molar-refractivity contribution in [1.29, 1.82) is 0 Å². The third-order valence-electron chi connectivity index (χ3n) is 1.40. The van der Waals surface area contributed by atoms with E-state index in [-0.39, 0.29) is 10.0 Å². The Morgan fingerprint density at radius 2 is 1.54 bits per heavy atom. The first-order valence-corrected chi connectivity index (χ1v) is 3.89. The number of nitrogens with two attached hydrogens (primary N) is 1. The van der Waals surface area contributed by atoms with Crippen LogP contribution in [-0.4, -0.2) is 0 Å². The van der Waals surface area contributed by atoms with Crippen molar-refractivity contribution in [3.8, 4) is 0 Å². The Kier molecular flexibility index (Phi) is 2.63. The maximum absolute atomic E-state index is 12.2. The minimum Gasteiger partial charge on any atom is -0.398 e. The third-order valence-corrected chi connectivity index (χ3v) is 2.12. The predicted molar refractivity (Wildman–Crippen MR) is 45.9 cm³/mol. The Balaban J connectivity index is 3.32. The summed E-state index contributed by atoms with van der Waals surface area (Å²) in [4.78, 5) is 0. The second-order valence-electron chi connectivity index (χ2n) is 2.35. The maximum atomic E-state index is 12.2. The van der Waals surface area contributed by atoms with E-state index in [2.05, 4.69) is 0 Å². The van der Waals surface area contributed by atoms with Gasteiger partial charge in [0.2, 0.25) is 0 Å². The largest absolute Gasteiger partial charge is 0.418 e. The summed E-state index contributed by atoms with van der Waals surface area (Å²) in [6, 6.07) is 1.69. The number of benzene rings is 1. The van der Waals surface area contributed by atoms with Crippen LogP contribution in [0.15, 0.2) is 12.1 Å². The van der Waals surface area contributed by atoms with Gasteiger partial charge >= 0.3 is 6.18 Å². The number of alkyl halides is 3. The number of halogens is 5. The van der Waals surface area contributed by atoms with Gasteiger partial charge in [-0.25, -0.2) is 0 Å². The van der Waals surface area contributed by atoms with E-state index >= 15 is 0 Å². The molecule has 0 heterocycles. The molecular formula is C7H4Cl2F3N. The molecule has 2 N–H and O–H groups in total. The van der Waals surface area contributed by atoms with Gasteiger partial charge < -0.3 is 5.73 Å². The van der Waals surface area contributed by atoms with Crippen molar-refractivity contribution in [2.24, 2.45) is 0 Å². The lowest BCUT2D eigenvalue weighted by Gasteiger charge is -2.10. The highest BCUT2D eigenvalue weighted by Gasteiger charge is 2.33. The fourth-order valence-electron chi connectivity index (χ4n) is 0.808. The van der Waals surface area contributed by atoms with Crippen LogP contribution in [0, 0.1) is 0 Å². The van der Waals surface area contributed by atoms with Gasteiger partial charge in [0.25, 0.3) is 0 Å². The monoisotopic (exact) mass is 229 g/mol.